The first-order valence-corrected chi connectivity index (χ1v) is 6.70. The van der Waals surface area contributed by atoms with Crippen LogP contribution in [0, 0.1) is 5.92 Å². The molecule has 2 atom stereocenters. The molecule has 2 unspecified atom stereocenters. The number of hydrogen-bond donors (Lipinski definition) is 1. The van der Waals surface area contributed by atoms with E-state index < -0.39 is 0 Å². The number of carbonyl (C=O) groups is 1. The molecule has 0 radical (unpaired) electrons. The van der Waals surface area contributed by atoms with Gasteiger partial charge in [0, 0.05) is 6.54 Å². The number of ether oxygens (including phenoxy) is 1. The Hall–Kier alpha value is -0.680. The second-order valence-corrected chi connectivity index (χ2v) is 4.88. The number of hydrogen-bond acceptors (Lipinski definition) is 3. The van der Waals surface area contributed by atoms with Crippen LogP contribution in [0.3, 0.4) is 0 Å². The van der Waals surface area contributed by atoms with E-state index in [4.69, 9.17) is 22.7 Å². The van der Waals surface area contributed by atoms with Gasteiger partial charge in [-0.25, -0.2) is 0 Å². The average molecular weight is 258 g/mol. The Labute approximate surface area is 108 Å². The Balaban J connectivity index is 2.73. The van der Waals surface area contributed by atoms with Crippen molar-refractivity contribution in [2.45, 2.75) is 39.2 Å². The highest BCUT2D eigenvalue weighted by molar-refractivity contribution is 7.80. The zero-order valence-corrected chi connectivity index (χ0v) is 11.5. The molecule has 0 bridgehead atoms. The third-order valence-electron chi connectivity index (χ3n) is 3.20. The van der Waals surface area contributed by atoms with E-state index in [0.717, 1.165) is 19.3 Å². The predicted octanol–water partition coefficient (Wildman–Crippen LogP) is 1.33. The highest BCUT2D eigenvalue weighted by atomic mass is 32.1. The molecule has 0 aromatic heterocycles. The molecule has 1 rings (SSSR count). The van der Waals surface area contributed by atoms with Crippen LogP contribution in [0.5, 0.6) is 0 Å². The number of amides is 1. The van der Waals surface area contributed by atoms with Crippen LogP contribution in [0.15, 0.2) is 0 Å². The Bertz CT molecular complexity index is 284. The SMILES string of the molecule is CCCC(C(=O)N1CCOCC1CC)C(N)=S. The maximum absolute atomic E-state index is 12.4. The van der Waals surface area contributed by atoms with Crippen molar-refractivity contribution in [3.63, 3.8) is 0 Å². The summed E-state index contributed by atoms with van der Waals surface area (Å²) in [7, 11) is 0. The summed E-state index contributed by atoms with van der Waals surface area (Å²) < 4.78 is 5.40. The van der Waals surface area contributed by atoms with Crippen molar-refractivity contribution in [3.8, 4) is 0 Å². The average Bonchev–Trinajstić information content (AvgIpc) is 2.34. The molecule has 1 saturated heterocycles. The first kappa shape index (κ1) is 14.4. The number of morpholine rings is 1. The van der Waals surface area contributed by atoms with E-state index in [1.54, 1.807) is 0 Å². The van der Waals surface area contributed by atoms with E-state index in [9.17, 15) is 4.79 Å². The molecule has 0 aromatic carbocycles. The number of nitrogens with zero attached hydrogens (tertiary/aromatic N) is 1. The van der Waals surface area contributed by atoms with Gasteiger partial charge in [-0.3, -0.25) is 4.79 Å². The third-order valence-corrected chi connectivity index (χ3v) is 3.49. The van der Waals surface area contributed by atoms with Gasteiger partial charge in [-0.2, -0.15) is 0 Å². The molecule has 1 aliphatic rings. The summed E-state index contributed by atoms with van der Waals surface area (Å²) >= 11 is 5.00. The lowest BCUT2D eigenvalue weighted by Crippen LogP contribution is -2.52. The van der Waals surface area contributed by atoms with Gasteiger partial charge in [-0.05, 0) is 12.8 Å². The molecule has 1 aliphatic heterocycles. The van der Waals surface area contributed by atoms with E-state index in [1.807, 2.05) is 11.8 Å². The summed E-state index contributed by atoms with van der Waals surface area (Å²) in [6.45, 7) is 5.99. The van der Waals surface area contributed by atoms with E-state index in [1.165, 1.54) is 0 Å². The fraction of sp³-hybridized carbons (Fsp3) is 0.833. The van der Waals surface area contributed by atoms with Crippen LogP contribution < -0.4 is 5.73 Å². The molecule has 5 heteroatoms. The monoisotopic (exact) mass is 258 g/mol. The minimum atomic E-state index is -0.304. The summed E-state index contributed by atoms with van der Waals surface area (Å²) in [4.78, 5) is 14.6. The Morgan fingerprint density at radius 2 is 2.29 bits per heavy atom. The highest BCUT2D eigenvalue weighted by Gasteiger charge is 2.31. The third kappa shape index (κ3) is 3.64. The standard InChI is InChI=1S/C12H22N2O2S/c1-3-5-10(11(13)17)12(15)14-6-7-16-8-9(14)4-2/h9-10H,3-8H2,1-2H3,(H2,13,17). The van der Waals surface area contributed by atoms with Crippen LogP contribution in [0.2, 0.25) is 0 Å². The summed E-state index contributed by atoms with van der Waals surface area (Å²) in [6.07, 6.45) is 2.55. The number of nitrogens with two attached hydrogens (primary N) is 1. The number of rotatable bonds is 5. The number of carbonyl (C=O) groups excluding carboxylic acids is 1. The van der Waals surface area contributed by atoms with Crippen molar-refractivity contribution in [1.29, 1.82) is 0 Å². The minimum absolute atomic E-state index is 0.0782. The van der Waals surface area contributed by atoms with Crippen molar-refractivity contribution in [2.75, 3.05) is 19.8 Å². The van der Waals surface area contributed by atoms with Crippen molar-refractivity contribution in [3.05, 3.63) is 0 Å². The minimum Gasteiger partial charge on any atom is -0.393 e. The van der Waals surface area contributed by atoms with E-state index in [-0.39, 0.29) is 17.9 Å². The smallest absolute Gasteiger partial charge is 0.232 e. The molecule has 4 nitrogen and oxygen atoms in total. The topological polar surface area (TPSA) is 55.6 Å². The summed E-state index contributed by atoms with van der Waals surface area (Å²) in [5.41, 5.74) is 5.67. The Morgan fingerprint density at radius 1 is 1.59 bits per heavy atom. The van der Waals surface area contributed by atoms with Crippen LogP contribution in [0.25, 0.3) is 0 Å². The van der Waals surface area contributed by atoms with Gasteiger partial charge in [0.25, 0.3) is 0 Å². The quantitative estimate of drug-likeness (QED) is 0.756. The van der Waals surface area contributed by atoms with Crippen molar-refractivity contribution < 1.29 is 9.53 Å². The maximum Gasteiger partial charge on any atom is 0.232 e. The lowest BCUT2D eigenvalue weighted by molar-refractivity contribution is -0.142. The molecule has 0 aromatic rings. The van der Waals surface area contributed by atoms with Gasteiger partial charge >= 0.3 is 0 Å². The number of thiocarbonyl (C=S) groups is 1. The van der Waals surface area contributed by atoms with Crippen LogP contribution in [-0.2, 0) is 9.53 Å². The molecule has 17 heavy (non-hydrogen) atoms. The second-order valence-electron chi connectivity index (χ2n) is 4.41. The van der Waals surface area contributed by atoms with Crippen LogP contribution in [0.4, 0.5) is 0 Å². The van der Waals surface area contributed by atoms with Crippen LogP contribution in [-0.4, -0.2) is 41.6 Å². The fourth-order valence-corrected chi connectivity index (χ4v) is 2.38. The first-order valence-electron chi connectivity index (χ1n) is 6.29. The molecule has 0 aliphatic carbocycles. The van der Waals surface area contributed by atoms with Crippen LogP contribution >= 0.6 is 12.2 Å². The van der Waals surface area contributed by atoms with E-state index >= 15 is 0 Å². The van der Waals surface area contributed by atoms with Gasteiger partial charge in [0.05, 0.1) is 30.2 Å². The largest absolute Gasteiger partial charge is 0.393 e. The van der Waals surface area contributed by atoms with Gasteiger partial charge in [0.1, 0.15) is 0 Å². The molecule has 1 fully saturated rings. The highest BCUT2D eigenvalue weighted by Crippen LogP contribution is 2.17. The maximum atomic E-state index is 12.4. The summed E-state index contributed by atoms with van der Waals surface area (Å²) in [5, 5.41) is 0. The molecule has 0 spiro atoms. The molecule has 98 valence electrons. The lowest BCUT2D eigenvalue weighted by atomic mass is 10.00. The molecular weight excluding hydrogens is 236 g/mol. The van der Waals surface area contributed by atoms with Gasteiger partial charge in [0.2, 0.25) is 5.91 Å². The Kier molecular flexibility index (Phi) is 5.85. The Morgan fingerprint density at radius 3 is 2.82 bits per heavy atom. The summed E-state index contributed by atoms with van der Waals surface area (Å²) in [6, 6.07) is 0.171. The normalized spacial score (nSPS) is 22.2. The lowest BCUT2D eigenvalue weighted by Gasteiger charge is -2.37. The molecule has 1 heterocycles. The van der Waals surface area contributed by atoms with Crippen molar-refractivity contribution >= 4 is 23.1 Å². The second kappa shape index (κ2) is 6.91. The molecule has 1 amide bonds. The van der Waals surface area contributed by atoms with Gasteiger partial charge in [-0.1, -0.05) is 32.5 Å². The predicted molar refractivity (Wildman–Crippen MR) is 71.8 cm³/mol. The van der Waals surface area contributed by atoms with E-state index in [0.29, 0.717) is 24.7 Å². The zero-order valence-electron chi connectivity index (χ0n) is 10.6. The van der Waals surface area contributed by atoms with Crippen molar-refractivity contribution in [1.82, 2.24) is 4.90 Å². The van der Waals surface area contributed by atoms with Crippen molar-refractivity contribution in [2.24, 2.45) is 11.7 Å². The van der Waals surface area contributed by atoms with Gasteiger partial charge in [0.15, 0.2) is 0 Å². The summed E-state index contributed by atoms with van der Waals surface area (Å²) in [5.74, 6) is -0.225. The zero-order chi connectivity index (χ0) is 12.8. The molecule has 2 N–H and O–H groups in total. The van der Waals surface area contributed by atoms with Gasteiger partial charge < -0.3 is 15.4 Å². The fourth-order valence-electron chi connectivity index (χ4n) is 2.16. The molecular formula is C12H22N2O2S. The van der Waals surface area contributed by atoms with Gasteiger partial charge in [-0.15, -0.1) is 0 Å². The van der Waals surface area contributed by atoms with Crippen LogP contribution in [0.1, 0.15) is 33.1 Å². The van der Waals surface area contributed by atoms with E-state index in [2.05, 4.69) is 6.92 Å². The molecule has 0 saturated carbocycles. The first-order chi connectivity index (χ1) is 8.11.